The third kappa shape index (κ3) is 21.4. The van der Waals surface area contributed by atoms with Crippen LogP contribution in [0.25, 0.3) is 0 Å². The lowest BCUT2D eigenvalue weighted by atomic mass is 10.2. The number of ether oxygens (including phenoxy) is 2. The first-order valence-electron chi connectivity index (χ1n) is 7.75. The maximum atomic E-state index is 11.3. The van der Waals surface area contributed by atoms with Gasteiger partial charge in [0.1, 0.15) is 0 Å². The summed E-state index contributed by atoms with van der Waals surface area (Å²) in [5, 5.41) is 7.57. The van der Waals surface area contributed by atoms with Crippen molar-refractivity contribution in [1.82, 2.24) is 0 Å². The Balaban J connectivity index is 0. The number of aliphatic hydroxyl groups is 1. The second-order valence-electron chi connectivity index (χ2n) is 5.68. The van der Waals surface area contributed by atoms with Crippen molar-refractivity contribution in [2.75, 3.05) is 19.8 Å². The second kappa shape index (κ2) is 15.3. The van der Waals surface area contributed by atoms with Crippen LogP contribution in [0.15, 0.2) is 0 Å². The van der Waals surface area contributed by atoms with Crippen molar-refractivity contribution in [3.63, 3.8) is 0 Å². The Morgan fingerprint density at radius 3 is 1.38 bits per heavy atom. The van der Waals surface area contributed by atoms with Crippen LogP contribution in [0.1, 0.15) is 60.3 Å². The molecular weight excluding hydrogens is 272 g/mol. The van der Waals surface area contributed by atoms with Gasteiger partial charge in [0.25, 0.3) is 0 Å². The Morgan fingerprint density at radius 2 is 1.14 bits per heavy atom. The van der Waals surface area contributed by atoms with Gasteiger partial charge in [-0.1, -0.05) is 27.7 Å². The molecule has 0 heterocycles. The van der Waals surface area contributed by atoms with Crippen LogP contribution >= 0.6 is 0 Å². The molecule has 5 nitrogen and oxygen atoms in total. The van der Waals surface area contributed by atoms with E-state index < -0.39 is 0 Å². The molecule has 0 fully saturated rings. The highest BCUT2D eigenvalue weighted by molar-refractivity contribution is 5.70. The van der Waals surface area contributed by atoms with E-state index in [4.69, 9.17) is 14.6 Å². The summed E-state index contributed by atoms with van der Waals surface area (Å²) < 4.78 is 10.1. The first-order chi connectivity index (χ1) is 9.83. The first-order valence-corrected chi connectivity index (χ1v) is 7.75. The monoisotopic (exact) mass is 304 g/mol. The molecule has 0 aromatic rings. The lowest BCUT2D eigenvalue weighted by Crippen LogP contribution is -2.11. The Kier molecular flexibility index (Phi) is 16.2. The van der Waals surface area contributed by atoms with E-state index in [-0.39, 0.29) is 18.5 Å². The Bertz CT molecular complexity index is 235. The molecular formula is C16H32O5. The van der Waals surface area contributed by atoms with Gasteiger partial charge < -0.3 is 14.6 Å². The van der Waals surface area contributed by atoms with Gasteiger partial charge in [0.15, 0.2) is 0 Å². The van der Waals surface area contributed by atoms with Gasteiger partial charge in [-0.15, -0.1) is 0 Å². The Hall–Kier alpha value is -1.10. The fourth-order valence-electron chi connectivity index (χ4n) is 1.20. The summed E-state index contributed by atoms with van der Waals surface area (Å²) in [5.74, 6) is 0.360. The molecule has 5 heteroatoms. The van der Waals surface area contributed by atoms with E-state index in [1.54, 1.807) is 6.92 Å². The van der Waals surface area contributed by atoms with E-state index in [9.17, 15) is 9.59 Å². The largest absolute Gasteiger partial charge is 0.465 e. The average molecular weight is 304 g/mol. The van der Waals surface area contributed by atoms with Crippen LogP contribution < -0.4 is 0 Å². The minimum absolute atomic E-state index is 0.181. The van der Waals surface area contributed by atoms with E-state index in [1.165, 1.54) is 0 Å². The molecule has 0 spiro atoms. The van der Waals surface area contributed by atoms with Gasteiger partial charge in [-0.25, -0.2) is 0 Å². The second-order valence-corrected chi connectivity index (χ2v) is 5.68. The molecule has 0 aliphatic rings. The Morgan fingerprint density at radius 1 is 0.857 bits per heavy atom. The molecule has 126 valence electrons. The van der Waals surface area contributed by atoms with Gasteiger partial charge in [0, 0.05) is 19.4 Å². The molecule has 0 bridgehead atoms. The molecule has 0 radical (unpaired) electrons. The standard InChI is InChI=1S/C14H26O4.C2H6O/c1-11(2)9-17-13(15)7-5-6-8-14(16)18-10-12(3)4;1-2-3/h11-12H,5-10H2,1-4H3;3H,2H2,1H3. The third-order valence-electron chi connectivity index (χ3n) is 2.17. The van der Waals surface area contributed by atoms with E-state index in [2.05, 4.69) is 0 Å². The van der Waals surface area contributed by atoms with E-state index in [0.717, 1.165) is 0 Å². The molecule has 0 aromatic heterocycles. The fourth-order valence-corrected chi connectivity index (χ4v) is 1.20. The van der Waals surface area contributed by atoms with Crippen molar-refractivity contribution in [3.8, 4) is 0 Å². The molecule has 21 heavy (non-hydrogen) atoms. The number of esters is 2. The minimum atomic E-state index is -0.181. The zero-order valence-electron chi connectivity index (χ0n) is 14.2. The van der Waals surface area contributed by atoms with Gasteiger partial charge in [-0.3, -0.25) is 9.59 Å². The highest BCUT2D eigenvalue weighted by atomic mass is 16.5. The maximum Gasteiger partial charge on any atom is 0.305 e. The summed E-state index contributed by atoms with van der Waals surface area (Å²) in [7, 11) is 0. The lowest BCUT2D eigenvalue weighted by molar-refractivity contribution is -0.147. The summed E-state index contributed by atoms with van der Waals surface area (Å²) in [6, 6.07) is 0. The van der Waals surface area contributed by atoms with Gasteiger partial charge >= 0.3 is 11.9 Å². The smallest absolute Gasteiger partial charge is 0.305 e. The number of aliphatic hydroxyl groups excluding tert-OH is 1. The first kappa shape index (κ1) is 22.2. The number of rotatable bonds is 9. The van der Waals surface area contributed by atoms with Crippen LogP contribution in [0.2, 0.25) is 0 Å². The topological polar surface area (TPSA) is 72.8 Å². The summed E-state index contributed by atoms with van der Waals surface area (Å²) in [6.07, 6.45) is 2.11. The van der Waals surface area contributed by atoms with E-state index in [0.29, 0.717) is 50.7 Å². The molecule has 0 aliphatic carbocycles. The number of unbranched alkanes of at least 4 members (excludes halogenated alkanes) is 1. The van der Waals surface area contributed by atoms with Gasteiger partial charge in [-0.2, -0.15) is 0 Å². The molecule has 0 amide bonds. The maximum absolute atomic E-state index is 11.3. The number of carbonyl (C=O) groups excluding carboxylic acids is 2. The van der Waals surface area contributed by atoms with Gasteiger partial charge in [-0.05, 0) is 31.6 Å². The summed E-state index contributed by atoms with van der Waals surface area (Å²) >= 11 is 0. The molecule has 0 saturated heterocycles. The average Bonchev–Trinajstić information content (AvgIpc) is 2.40. The predicted molar refractivity (Wildman–Crippen MR) is 82.8 cm³/mol. The van der Waals surface area contributed by atoms with E-state index in [1.807, 2.05) is 27.7 Å². The zero-order valence-corrected chi connectivity index (χ0v) is 14.2. The van der Waals surface area contributed by atoms with Crippen LogP contribution in [-0.2, 0) is 19.1 Å². The fraction of sp³-hybridized carbons (Fsp3) is 0.875. The molecule has 0 rings (SSSR count). The van der Waals surface area contributed by atoms with Crippen molar-refractivity contribution in [2.45, 2.75) is 60.3 Å². The molecule has 0 atom stereocenters. The number of carbonyl (C=O) groups is 2. The molecule has 0 aromatic carbocycles. The molecule has 0 unspecified atom stereocenters. The lowest BCUT2D eigenvalue weighted by Gasteiger charge is -2.08. The van der Waals surface area contributed by atoms with Crippen molar-refractivity contribution in [3.05, 3.63) is 0 Å². The van der Waals surface area contributed by atoms with Gasteiger partial charge in [0.2, 0.25) is 0 Å². The van der Waals surface area contributed by atoms with Crippen LogP contribution in [0, 0.1) is 11.8 Å². The zero-order chi connectivity index (χ0) is 16.7. The van der Waals surface area contributed by atoms with Crippen LogP contribution in [0.3, 0.4) is 0 Å². The van der Waals surface area contributed by atoms with Crippen molar-refractivity contribution in [2.24, 2.45) is 11.8 Å². The quantitative estimate of drug-likeness (QED) is 0.524. The molecule has 0 aliphatic heterocycles. The summed E-state index contributed by atoms with van der Waals surface area (Å²) in [4.78, 5) is 22.5. The van der Waals surface area contributed by atoms with Gasteiger partial charge in [0.05, 0.1) is 13.2 Å². The number of hydrogen-bond acceptors (Lipinski definition) is 5. The van der Waals surface area contributed by atoms with E-state index >= 15 is 0 Å². The van der Waals surface area contributed by atoms with Crippen molar-refractivity contribution in [1.29, 1.82) is 0 Å². The predicted octanol–water partition coefficient (Wildman–Crippen LogP) is 2.94. The molecule has 0 saturated carbocycles. The van der Waals surface area contributed by atoms with Crippen LogP contribution in [-0.4, -0.2) is 36.9 Å². The summed E-state index contributed by atoms with van der Waals surface area (Å²) in [6.45, 7) is 10.9. The van der Waals surface area contributed by atoms with Crippen molar-refractivity contribution >= 4 is 11.9 Å². The van der Waals surface area contributed by atoms with Crippen LogP contribution in [0.4, 0.5) is 0 Å². The minimum Gasteiger partial charge on any atom is -0.465 e. The SMILES string of the molecule is CC(C)COC(=O)CCCCC(=O)OCC(C)C.CCO. The number of hydrogen-bond donors (Lipinski definition) is 1. The normalized spacial score (nSPS) is 10.1. The van der Waals surface area contributed by atoms with Crippen molar-refractivity contribution < 1.29 is 24.2 Å². The molecule has 1 N–H and O–H groups in total. The van der Waals surface area contributed by atoms with Crippen LogP contribution in [0.5, 0.6) is 0 Å². The third-order valence-corrected chi connectivity index (χ3v) is 2.17. The summed E-state index contributed by atoms with van der Waals surface area (Å²) in [5.41, 5.74) is 0. The Labute approximate surface area is 129 Å². The highest BCUT2D eigenvalue weighted by Crippen LogP contribution is 2.05. The highest BCUT2D eigenvalue weighted by Gasteiger charge is 2.07.